The second-order valence-electron chi connectivity index (χ2n) is 3.99. The highest BCUT2D eigenvalue weighted by Gasteiger charge is 2.05. The predicted octanol–water partition coefficient (Wildman–Crippen LogP) is 2.81. The third-order valence-electron chi connectivity index (χ3n) is 2.44. The largest absolute Gasteiger partial charge is 0.481 e. The summed E-state index contributed by atoms with van der Waals surface area (Å²) in [6, 6.07) is 3.40. The fraction of sp³-hybridized carbons (Fsp3) is 0.538. The lowest BCUT2D eigenvalue weighted by atomic mass is 10.2. The van der Waals surface area contributed by atoms with Crippen molar-refractivity contribution in [3.8, 4) is 5.75 Å². The van der Waals surface area contributed by atoms with Crippen LogP contribution >= 0.6 is 11.6 Å². The normalized spacial score (nSPS) is 10.1. The minimum atomic E-state index is -0.133. The van der Waals surface area contributed by atoms with Crippen LogP contribution in [-0.4, -0.2) is 24.0 Å². The first kappa shape index (κ1) is 14.8. The Hall–Kier alpha value is -1.29. The van der Waals surface area contributed by atoms with Gasteiger partial charge in [0.1, 0.15) is 0 Å². The molecule has 0 aliphatic heterocycles. The van der Waals surface area contributed by atoms with E-state index in [1.54, 1.807) is 18.3 Å². The maximum atomic E-state index is 11.5. The molecule has 18 heavy (non-hydrogen) atoms. The molecule has 0 bridgehead atoms. The number of nitrogens with zero attached hydrogens (tertiary/aromatic N) is 1. The number of carbonyl (C=O) groups is 1. The van der Waals surface area contributed by atoms with E-state index in [0.717, 1.165) is 12.8 Å². The molecule has 1 N–H and O–H groups in total. The zero-order valence-electron chi connectivity index (χ0n) is 10.6. The van der Waals surface area contributed by atoms with Gasteiger partial charge in [-0.15, -0.1) is 0 Å². The number of rotatable bonds is 8. The summed E-state index contributed by atoms with van der Waals surface area (Å²) in [7, 11) is 0. The van der Waals surface area contributed by atoms with Crippen molar-refractivity contribution in [3.63, 3.8) is 0 Å². The van der Waals surface area contributed by atoms with Gasteiger partial charge in [-0.2, -0.15) is 0 Å². The van der Waals surface area contributed by atoms with Crippen molar-refractivity contribution in [1.82, 2.24) is 10.3 Å². The van der Waals surface area contributed by atoms with Gasteiger partial charge in [-0.25, -0.2) is 4.98 Å². The third kappa shape index (κ3) is 5.87. The number of aromatic nitrogens is 1. The minimum absolute atomic E-state index is 0.0286. The van der Waals surface area contributed by atoms with Gasteiger partial charge in [-0.1, -0.05) is 37.8 Å². The Kier molecular flexibility index (Phi) is 7.18. The van der Waals surface area contributed by atoms with Gasteiger partial charge in [0.05, 0.1) is 0 Å². The first-order valence-electron chi connectivity index (χ1n) is 6.24. The average molecular weight is 271 g/mol. The quantitative estimate of drug-likeness (QED) is 0.584. The zero-order chi connectivity index (χ0) is 13.2. The van der Waals surface area contributed by atoms with E-state index in [-0.39, 0.29) is 17.7 Å². The predicted molar refractivity (Wildman–Crippen MR) is 71.9 cm³/mol. The Morgan fingerprint density at radius 1 is 1.44 bits per heavy atom. The molecule has 0 aromatic carbocycles. The lowest BCUT2D eigenvalue weighted by Crippen LogP contribution is -2.29. The van der Waals surface area contributed by atoms with Gasteiger partial charge in [0, 0.05) is 12.7 Å². The van der Waals surface area contributed by atoms with Gasteiger partial charge in [0.15, 0.2) is 17.5 Å². The third-order valence-corrected chi connectivity index (χ3v) is 2.72. The summed E-state index contributed by atoms with van der Waals surface area (Å²) in [5.74, 6) is 0.298. The summed E-state index contributed by atoms with van der Waals surface area (Å²) in [5, 5.41) is 3.08. The van der Waals surface area contributed by atoms with Crippen LogP contribution in [0.5, 0.6) is 5.75 Å². The summed E-state index contributed by atoms with van der Waals surface area (Å²) in [5.41, 5.74) is 0. The Morgan fingerprint density at radius 2 is 2.28 bits per heavy atom. The van der Waals surface area contributed by atoms with Crippen molar-refractivity contribution >= 4 is 17.5 Å². The van der Waals surface area contributed by atoms with Crippen LogP contribution in [0.25, 0.3) is 0 Å². The summed E-state index contributed by atoms with van der Waals surface area (Å²) in [6.45, 7) is 2.83. The van der Waals surface area contributed by atoms with E-state index in [1.807, 2.05) is 0 Å². The smallest absolute Gasteiger partial charge is 0.257 e. The molecule has 1 aromatic rings. The van der Waals surface area contributed by atoms with E-state index >= 15 is 0 Å². The lowest BCUT2D eigenvalue weighted by Gasteiger charge is -2.07. The molecule has 0 atom stereocenters. The minimum Gasteiger partial charge on any atom is -0.481 e. The molecule has 1 heterocycles. The van der Waals surface area contributed by atoms with Gasteiger partial charge in [0.2, 0.25) is 0 Å². The Morgan fingerprint density at radius 3 is 3.00 bits per heavy atom. The van der Waals surface area contributed by atoms with Crippen LogP contribution in [-0.2, 0) is 4.79 Å². The molecule has 0 saturated heterocycles. The van der Waals surface area contributed by atoms with Crippen molar-refractivity contribution in [3.05, 3.63) is 23.5 Å². The number of pyridine rings is 1. The Labute approximate surface area is 113 Å². The van der Waals surface area contributed by atoms with Gasteiger partial charge in [-0.05, 0) is 18.6 Å². The second-order valence-corrected chi connectivity index (χ2v) is 4.35. The lowest BCUT2D eigenvalue weighted by molar-refractivity contribution is -0.123. The fourth-order valence-electron chi connectivity index (χ4n) is 1.45. The maximum Gasteiger partial charge on any atom is 0.257 e. The topological polar surface area (TPSA) is 51.2 Å². The van der Waals surface area contributed by atoms with Crippen LogP contribution in [0.15, 0.2) is 18.3 Å². The van der Waals surface area contributed by atoms with Crippen molar-refractivity contribution in [2.24, 2.45) is 0 Å². The van der Waals surface area contributed by atoms with E-state index in [0.29, 0.717) is 12.3 Å². The van der Waals surface area contributed by atoms with E-state index in [9.17, 15) is 4.79 Å². The van der Waals surface area contributed by atoms with Gasteiger partial charge in [0.25, 0.3) is 5.91 Å². The molecule has 0 unspecified atom stereocenters. The van der Waals surface area contributed by atoms with Gasteiger partial charge < -0.3 is 10.1 Å². The first-order chi connectivity index (χ1) is 8.74. The number of nitrogens with one attached hydrogen (secondary N) is 1. The molecule has 1 aromatic heterocycles. The highest BCUT2D eigenvalue weighted by atomic mass is 35.5. The molecular formula is C13H19ClN2O2. The van der Waals surface area contributed by atoms with Crippen molar-refractivity contribution in [1.29, 1.82) is 0 Å². The number of hydrogen-bond donors (Lipinski definition) is 1. The molecule has 0 radical (unpaired) electrons. The highest BCUT2D eigenvalue weighted by molar-refractivity contribution is 6.30. The number of hydrogen-bond acceptors (Lipinski definition) is 3. The standard InChI is InChI=1S/C13H19ClN2O2/c1-2-3-4-5-8-15-12(17)10-18-11-7-6-9-16-13(11)14/h6-7,9H,2-5,8,10H2,1H3,(H,15,17). The molecule has 0 fully saturated rings. The van der Waals surface area contributed by atoms with Crippen LogP contribution in [0, 0.1) is 0 Å². The van der Waals surface area contributed by atoms with Gasteiger partial charge in [-0.3, -0.25) is 4.79 Å². The first-order valence-corrected chi connectivity index (χ1v) is 6.62. The fourth-order valence-corrected chi connectivity index (χ4v) is 1.63. The molecule has 100 valence electrons. The molecule has 1 amide bonds. The van der Waals surface area contributed by atoms with E-state index in [2.05, 4.69) is 17.2 Å². The van der Waals surface area contributed by atoms with E-state index in [1.165, 1.54) is 12.8 Å². The molecule has 5 heteroatoms. The van der Waals surface area contributed by atoms with Crippen LogP contribution in [0.1, 0.15) is 32.6 Å². The van der Waals surface area contributed by atoms with E-state index < -0.39 is 0 Å². The summed E-state index contributed by atoms with van der Waals surface area (Å²) in [4.78, 5) is 15.3. The summed E-state index contributed by atoms with van der Waals surface area (Å²) in [6.07, 6.45) is 6.12. The molecule has 0 spiro atoms. The zero-order valence-corrected chi connectivity index (χ0v) is 11.4. The summed E-state index contributed by atoms with van der Waals surface area (Å²) < 4.78 is 5.27. The van der Waals surface area contributed by atoms with Crippen molar-refractivity contribution < 1.29 is 9.53 Å². The summed E-state index contributed by atoms with van der Waals surface area (Å²) >= 11 is 5.80. The van der Waals surface area contributed by atoms with Gasteiger partial charge >= 0.3 is 0 Å². The monoisotopic (exact) mass is 270 g/mol. The van der Waals surface area contributed by atoms with Crippen LogP contribution < -0.4 is 10.1 Å². The highest BCUT2D eigenvalue weighted by Crippen LogP contribution is 2.19. The van der Waals surface area contributed by atoms with E-state index in [4.69, 9.17) is 16.3 Å². The molecule has 0 saturated carbocycles. The van der Waals surface area contributed by atoms with Crippen LogP contribution in [0.4, 0.5) is 0 Å². The molecule has 1 rings (SSSR count). The van der Waals surface area contributed by atoms with Crippen LogP contribution in [0.2, 0.25) is 5.15 Å². The SMILES string of the molecule is CCCCCCNC(=O)COc1cccnc1Cl. The molecule has 0 aliphatic carbocycles. The Bertz CT molecular complexity index is 372. The second kappa shape index (κ2) is 8.75. The average Bonchev–Trinajstić information content (AvgIpc) is 2.37. The number of halogens is 1. The molecule has 4 nitrogen and oxygen atoms in total. The Balaban J connectivity index is 2.15. The number of carbonyl (C=O) groups excluding carboxylic acids is 1. The van der Waals surface area contributed by atoms with Crippen LogP contribution in [0.3, 0.4) is 0 Å². The van der Waals surface area contributed by atoms with Crippen molar-refractivity contribution in [2.75, 3.05) is 13.2 Å². The number of amides is 1. The maximum absolute atomic E-state index is 11.5. The molecular weight excluding hydrogens is 252 g/mol. The number of unbranched alkanes of at least 4 members (excludes halogenated alkanes) is 3. The van der Waals surface area contributed by atoms with Crippen molar-refractivity contribution in [2.45, 2.75) is 32.6 Å². The number of ether oxygens (including phenoxy) is 1. The molecule has 0 aliphatic rings.